The van der Waals surface area contributed by atoms with E-state index in [1.54, 1.807) is 18.4 Å². The minimum Gasteiger partial charge on any atom is -0.495 e. The van der Waals surface area contributed by atoms with Gasteiger partial charge in [-0.2, -0.15) is 0 Å². The van der Waals surface area contributed by atoms with E-state index >= 15 is 0 Å². The number of methoxy groups -OCH3 is 1. The normalized spacial score (nSPS) is 17.2. The first-order chi connectivity index (χ1) is 13.0. The predicted octanol–water partition coefficient (Wildman–Crippen LogP) is 6.46. The van der Waals surface area contributed by atoms with Crippen molar-refractivity contribution in [1.29, 1.82) is 0 Å². The quantitative estimate of drug-likeness (QED) is 0.643. The van der Waals surface area contributed by atoms with Crippen molar-refractivity contribution < 1.29 is 9.53 Å². The average Bonchev–Trinajstić information content (AvgIpc) is 3.03. The molecule has 2 aromatic rings. The predicted molar refractivity (Wildman–Crippen MR) is 119 cm³/mol. The standard InChI is InChI=1S/C24H33NO2S/c1-23(2,3)15-9-11-20(27-7)19(12-15)25-22(26)18-14-28-21-13-16(24(4,5)6)8-10-17(18)21/h9,11-12,14,16H,8,10,13H2,1-7H3,(H,25,26)/t16-/m0/s1. The minimum absolute atomic E-state index is 0.00919. The van der Waals surface area contributed by atoms with Gasteiger partial charge in [0.1, 0.15) is 5.75 Å². The summed E-state index contributed by atoms with van der Waals surface area (Å²) < 4.78 is 5.48. The van der Waals surface area contributed by atoms with Gasteiger partial charge in [0.25, 0.3) is 5.91 Å². The molecule has 0 aliphatic heterocycles. The molecule has 1 amide bonds. The second-order valence-electron chi connectivity index (χ2n) is 9.98. The summed E-state index contributed by atoms with van der Waals surface area (Å²) >= 11 is 1.74. The van der Waals surface area contributed by atoms with Crippen molar-refractivity contribution in [2.24, 2.45) is 11.3 Å². The number of hydrogen-bond acceptors (Lipinski definition) is 3. The van der Waals surface area contributed by atoms with Gasteiger partial charge in [0, 0.05) is 10.3 Å². The van der Waals surface area contributed by atoms with Crippen LogP contribution in [0.25, 0.3) is 0 Å². The third kappa shape index (κ3) is 4.27. The van der Waals surface area contributed by atoms with Crippen molar-refractivity contribution in [3.05, 3.63) is 45.1 Å². The summed E-state index contributed by atoms with van der Waals surface area (Å²) in [7, 11) is 1.64. The lowest BCUT2D eigenvalue weighted by Crippen LogP contribution is -2.27. The molecule has 0 radical (unpaired) electrons. The summed E-state index contributed by atoms with van der Waals surface area (Å²) in [6.45, 7) is 13.5. The number of hydrogen-bond donors (Lipinski definition) is 1. The molecule has 3 nitrogen and oxygen atoms in total. The molecule has 1 aromatic carbocycles. The zero-order valence-corrected chi connectivity index (χ0v) is 19.0. The van der Waals surface area contributed by atoms with Crippen LogP contribution in [-0.4, -0.2) is 13.0 Å². The highest BCUT2D eigenvalue weighted by Crippen LogP contribution is 2.41. The van der Waals surface area contributed by atoms with Gasteiger partial charge in [0.05, 0.1) is 18.4 Å². The molecular weight excluding hydrogens is 366 g/mol. The second kappa shape index (κ2) is 7.55. The first-order valence-electron chi connectivity index (χ1n) is 10.1. The summed E-state index contributed by atoms with van der Waals surface area (Å²) in [4.78, 5) is 14.5. The zero-order valence-electron chi connectivity index (χ0n) is 18.2. The number of nitrogens with one attached hydrogen (secondary N) is 1. The fraction of sp³-hybridized carbons (Fsp3) is 0.542. The Kier molecular flexibility index (Phi) is 5.64. The van der Waals surface area contributed by atoms with Crippen LogP contribution in [0, 0.1) is 11.3 Å². The Morgan fingerprint density at radius 1 is 1.18 bits per heavy atom. The lowest BCUT2D eigenvalue weighted by atomic mass is 9.72. The van der Waals surface area contributed by atoms with E-state index in [4.69, 9.17) is 4.74 Å². The number of carbonyl (C=O) groups excluding carboxylic acids is 1. The Morgan fingerprint density at radius 2 is 1.89 bits per heavy atom. The topological polar surface area (TPSA) is 38.3 Å². The number of ether oxygens (including phenoxy) is 1. The van der Waals surface area contributed by atoms with Gasteiger partial charge < -0.3 is 10.1 Å². The first kappa shape index (κ1) is 20.9. The largest absolute Gasteiger partial charge is 0.495 e. The van der Waals surface area contributed by atoms with E-state index in [1.807, 2.05) is 17.5 Å². The molecule has 28 heavy (non-hydrogen) atoms. The summed E-state index contributed by atoms with van der Waals surface area (Å²) in [5.41, 5.74) is 4.30. The van der Waals surface area contributed by atoms with Crippen LogP contribution >= 0.6 is 11.3 Å². The van der Waals surface area contributed by atoms with Crippen molar-refractivity contribution in [1.82, 2.24) is 0 Å². The maximum Gasteiger partial charge on any atom is 0.256 e. The summed E-state index contributed by atoms with van der Waals surface area (Å²) in [6, 6.07) is 6.03. The van der Waals surface area contributed by atoms with Gasteiger partial charge in [-0.1, -0.05) is 47.6 Å². The van der Waals surface area contributed by atoms with Crippen LogP contribution in [0.15, 0.2) is 23.6 Å². The van der Waals surface area contributed by atoms with Crippen LogP contribution in [0.2, 0.25) is 0 Å². The van der Waals surface area contributed by atoms with E-state index in [0.29, 0.717) is 17.1 Å². The van der Waals surface area contributed by atoms with E-state index in [2.05, 4.69) is 52.9 Å². The molecule has 4 heteroatoms. The molecule has 1 heterocycles. The van der Waals surface area contributed by atoms with Crippen molar-refractivity contribution in [2.75, 3.05) is 12.4 Å². The Balaban J connectivity index is 1.85. The smallest absolute Gasteiger partial charge is 0.256 e. The van der Waals surface area contributed by atoms with Crippen LogP contribution in [0.4, 0.5) is 5.69 Å². The molecule has 0 fully saturated rings. The Morgan fingerprint density at radius 3 is 2.50 bits per heavy atom. The fourth-order valence-electron chi connectivity index (χ4n) is 3.90. The van der Waals surface area contributed by atoms with Crippen LogP contribution in [-0.2, 0) is 18.3 Å². The number of rotatable bonds is 3. The van der Waals surface area contributed by atoms with Gasteiger partial charge in [0.15, 0.2) is 0 Å². The highest BCUT2D eigenvalue weighted by molar-refractivity contribution is 7.10. The molecule has 0 bridgehead atoms. The number of fused-ring (bicyclic) bond motifs is 1. The Hall–Kier alpha value is -1.81. The highest BCUT2D eigenvalue weighted by Gasteiger charge is 2.31. The highest BCUT2D eigenvalue weighted by atomic mass is 32.1. The summed E-state index contributed by atoms with van der Waals surface area (Å²) in [5, 5.41) is 5.14. The van der Waals surface area contributed by atoms with E-state index < -0.39 is 0 Å². The maximum absolute atomic E-state index is 13.1. The fourth-order valence-corrected chi connectivity index (χ4v) is 5.07. The molecular formula is C24H33NO2S. The molecule has 152 valence electrons. The monoisotopic (exact) mass is 399 g/mol. The lowest BCUT2D eigenvalue weighted by Gasteiger charge is -2.34. The molecule has 0 spiro atoms. The molecule has 1 aliphatic carbocycles. The summed E-state index contributed by atoms with van der Waals surface area (Å²) in [6.07, 6.45) is 3.22. The maximum atomic E-state index is 13.1. The molecule has 1 aliphatic rings. The van der Waals surface area contributed by atoms with Crippen LogP contribution < -0.4 is 10.1 Å². The molecule has 3 rings (SSSR count). The molecule has 0 saturated carbocycles. The third-order valence-corrected chi connectivity index (χ3v) is 6.99. The Labute approximate surface area is 173 Å². The molecule has 1 aromatic heterocycles. The van der Waals surface area contributed by atoms with Gasteiger partial charge in [-0.05, 0) is 59.3 Å². The van der Waals surface area contributed by atoms with Gasteiger partial charge in [-0.3, -0.25) is 4.79 Å². The lowest BCUT2D eigenvalue weighted by molar-refractivity contribution is 0.102. The number of benzene rings is 1. The van der Waals surface area contributed by atoms with Gasteiger partial charge in [-0.25, -0.2) is 0 Å². The van der Waals surface area contributed by atoms with Gasteiger partial charge >= 0.3 is 0 Å². The summed E-state index contributed by atoms with van der Waals surface area (Å²) in [5.74, 6) is 1.34. The van der Waals surface area contributed by atoms with Crippen LogP contribution in [0.3, 0.4) is 0 Å². The molecule has 1 atom stereocenters. The van der Waals surface area contributed by atoms with Crippen LogP contribution in [0.1, 0.15) is 74.3 Å². The van der Waals surface area contributed by atoms with E-state index in [9.17, 15) is 4.79 Å². The number of anilines is 1. The number of carbonyl (C=O) groups is 1. The van der Waals surface area contributed by atoms with E-state index in [0.717, 1.165) is 30.5 Å². The molecule has 0 unspecified atom stereocenters. The molecule has 1 N–H and O–H groups in total. The number of amides is 1. The van der Waals surface area contributed by atoms with Crippen molar-refractivity contribution in [3.63, 3.8) is 0 Å². The SMILES string of the molecule is COc1ccc(C(C)(C)C)cc1NC(=O)c1csc2c1CC[C@H](C(C)(C)C)C2. The van der Waals surface area contributed by atoms with Crippen molar-refractivity contribution in [2.45, 2.75) is 66.2 Å². The number of thiophene rings is 1. The average molecular weight is 400 g/mol. The van der Waals surface area contributed by atoms with E-state index in [-0.39, 0.29) is 11.3 Å². The molecule has 0 saturated heterocycles. The van der Waals surface area contributed by atoms with Gasteiger partial charge in [0.2, 0.25) is 0 Å². The Bertz CT molecular complexity index is 868. The third-order valence-electron chi connectivity index (χ3n) is 5.94. The van der Waals surface area contributed by atoms with Gasteiger partial charge in [-0.15, -0.1) is 11.3 Å². The minimum atomic E-state index is -0.0314. The van der Waals surface area contributed by atoms with E-state index in [1.165, 1.54) is 16.0 Å². The first-order valence-corrected chi connectivity index (χ1v) is 11.0. The van der Waals surface area contributed by atoms with Crippen molar-refractivity contribution >= 4 is 22.9 Å². The van der Waals surface area contributed by atoms with Crippen LogP contribution in [0.5, 0.6) is 5.75 Å². The van der Waals surface area contributed by atoms with Crippen molar-refractivity contribution in [3.8, 4) is 5.75 Å². The zero-order chi connectivity index (χ0) is 20.7. The second-order valence-corrected chi connectivity index (χ2v) is 10.9.